The molecule has 2 heterocycles. The van der Waals surface area contributed by atoms with Crippen molar-refractivity contribution in [3.05, 3.63) is 72.1 Å². The number of phenols is 1. The standard InChI is InChI=1S/C20H16N4O3/c21-13-3-1-12(2-4-13)17-10-5-14(22-17)11-18-19(26)24(20(27)23-18)15-6-8-16(25)9-7-15/h1-11,22,25H,21H2,(H,23,27). The Morgan fingerprint density at radius 3 is 2.33 bits per heavy atom. The normalized spacial score (nSPS) is 15.4. The number of H-pyrrole nitrogens is 1. The van der Waals surface area contributed by atoms with E-state index in [2.05, 4.69) is 10.3 Å². The highest BCUT2D eigenvalue weighted by Gasteiger charge is 2.34. The van der Waals surface area contributed by atoms with Gasteiger partial charge in [-0.05, 0) is 60.2 Å². The van der Waals surface area contributed by atoms with Crippen LogP contribution in [-0.4, -0.2) is 22.0 Å². The first-order valence-corrected chi connectivity index (χ1v) is 8.22. The van der Waals surface area contributed by atoms with Crippen LogP contribution in [0.5, 0.6) is 5.75 Å². The molecule has 4 rings (SSSR count). The lowest BCUT2D eigenvalue weighted by molar-refractivity contribution is -0.113. The zero-order valence-electron chi connectivity index (χ0n) is 14.1. The summed E-state index contributed by atoms with van der Waals surface area (Å²) < 4.78 is 0. The summed E-state index contributed by atoms with van der Waals surface area (Å²) >= 11 is 0. The maximum atomic E-state index is 12.6. The zero-order valence-corrected chi connectivity index (χ0v) is 14.1. The molecule has 1 aliphatic heterocycles. The summed E-state index contributed by atoms with van der Waals surface area (Å²) in [5, 5.41) is 11.9. The van der Waals surface area contributed by atoms with Gasteiger partial charge in [-0.1, -0.05) is 12.1 Å². The third-order valence-electron chi connectivity index (χ3n) is 4.22. The van der Waals surface area contributed by atoms with Gasteiger partial charge in [0.2, 0.25) is 0 Å². The van der Waals surface area contributed by atoms with Crippen molar-refractivity contribution in [3.8, 4) is 17.0 Å². The van der Waals surface area contributed by atoms with Gasteiger partial charge in [0.15, 0.2) is 0 Å². The van der Waals surface area contributed by atoms with E-state index in [1.165, 1.54) is 24.3 Å². The van der Waals surface area contributed by atoms with Gasteiger partial charge >= 0.3 is 6.03 Å². The Bertz CT molecular complexity index is 1050. The monoisotopic (exact) mass is 360 g/mol. The number of carbonyl (C=O) groups excluding carboxylic acids is 2. The fourth-order valence-corrected chi connectivity index (χ4v) is 2.85. The molecule has 0 bridgehead atoms. The zero-order chi connectivity index (χ0) is 19.0. The predicted octanol–water partition coefficient (Wildman–Crippen LogP) is 3.07. The van der Waals surface area contributed by atoms with Gasteiger partial charge in [0.1, 0.15) is 11.4 Å². The largest absolute Gasteiger partial charge is 0.508 e. The third kappa shape index (κ3) is 3.13. The van der Waals surface area contributed by atoms with Crippen LogP contribution in [0.25, 0.3) is 17.3 Å². The van der Waals surface area contributed by atoms with Gasteiger partial charge < -0.3 is 21.1 Å². The SMILES string of the molecule is Nc1ccc(-c2ccc(C=C3NC(=O)N(c4ccc(O)cc4)C3=O)[nH]2)cc1. The smallest absolute Gasteiger partial charge is 0.333 e. The van der Waals surface area contributed by atoms with Gasteiger partial charge in [0, 0.05) is 17.1 Å². The number of aromatic hydroxyl groups is 1. The number of anilines is 2. The number of nitrogens with two attached hydrogens (primary N) is 1. The molecule has 0 atom stereocenters. The van der Waals surface area contributed by atoms with Crippen LogP contribution < -0.4 is 16.0 Å². The van der Waals surface area contributed by atoms with Crippen LogP contribution in [0, 0.1) is 0 Å². The van der Waals surface area contributed by atoms with Crippen molar-refractivity contribution in [2.75, 3.05) is 10.6 Å². The molecular weight excluding hydrogens is 344 g/mol. The molecule has 2 aromatic carbocycles. The second kappa shape index (κ2) is 6.38. The molecule has 7 heteroatoms. The number of carbonyl (C=O) groups is 2. The summed E-state index contributed by atoms with van der Waals surface area (Å²) in [6.45, 7) is 0. The Hall–Kier alpha value is -4.00. The van der Waals surface area contributed by atoms with Gasteiger partial charge in [-0.3, -0.25) is 4.79 Å². The summed E-state index contributed by atoms with van der Waals surface area (Å²) in [5.74, 6) is -0.405. The lowest BCUT2D eigenvalue weighted by atomic mass is 10.1. The molecule has 0 radical (unpaired) electrons. The molecule has 3 aromatic rings. The Kier molecular flexibility index (Phi) is 3.89. The highest BCUT2D eigenvalue weighted by Crippen LogP contribution is 2.25. The number of urea groups is 1. The minimum atomic E-state index is -0.540. The van der Waals surface area contributed by atoms with E-state index in [4.69, 9.17) is 5.73 Å². The molecule has 1 aliphatic rings. The van der Waals surface area contributed by atoms with Crippen molar-refractivity contribution in [2.45, 2.75) is 0 Å². The number of aromatic amines is 1. The van der Waals surface area contributed by atoms with Crippen LogP contribution >= 0.6 is 0 Å². The van der Waals surface area contributed by atoms with E-state index < -0.39 is 11.9 Å². The number of hydrogen-bond donors (Lipinski definition) is 4. The number of phenolic OH excluding ortho intramolecular Hbond substituents is 1. The lowest BCUT2D eigenvalue weighted by Crippen LogP contribution is -2.30. The highest BCUT2D eigenvalue weighted by molar-refractivity contribution is 6.28. The third-order valence-corrected chi connectivity index (χ3v) is 4.22. The van der Waals surface area contributed by atoms with Gasteiger partial charge in [-0.25, -0.2) is 9.69 Å². The molecule has 5 N–H and O–H groups in total. The molecule has 0 unspecified atom stereocenters. The van der Waals surface area contributed by atoms with E-state index >= 15 is 0 Å². The van der Waals surface area contributed by atoms with E-state index in [-0.39, 0.29) is 11.4 Å². The topological polar surface area (TPSA) is 111 Å². The number of amides is 3. The van der Waals surface area contributed by atoms with Crippen molar-refractivity contribution in [2.24, 2.45) is 0 Å². The average Bonchev–Trinajstić information content (AvgIpc) is 3.22. The summed E-state index contributed by atoms with van der Waals surface area (Å²) in [7, 11) is 0. The fourth-order valence-electron chi connectivity index (χ4n) is 2.85. The second-order valence-electron chi connectivity index (χ2n) is 6.09. The number of benzene rings is 2. The summed E-state index contributed by atoms with van der Waals surface area (Å²) in [6.07, 6.45) is 1.58. The van der Waals surface area contributed by atoms with Crippen LogP contribution in [0.2, 0.25) is 0 Å². The first-order valence-electron chi connectivity index (χ1n) is 8.22. The number of nitrogens with one attached hydrogen (secondary N) is 2. The van der Waals surface area contributed by atoms with E-state index in [1.807, 2.05) is 36.4 Å². The minimum Gasteiger partial charge on any atom is -0.508 e. The fraction of sp³-hybridized carbons (Fsp3) is 0. The molecule has 0 spiro atoms. The predicted molar refractivity (Wildman–Crippen MR) is 103 cm³/mol. The summed E-state index contributed by atoms with van der Waals surface area (Å²) in [6, 6.07) is 16.4. The molecule has 0 aliphatic carbocycles. The maximum absolute atomic E-state index is 12.6. The number of aromatic nitrogens is 1. The van der Waals surface area contributed by atoms with Gasteiger partial charge in [0.25, 0.3) is 5.91 Å². The summed E-state index contributed by atoms with van der Waals surface area (Å²) in [5.41, 5.74) is 9.44. The van der Waals surface area contributed by atoms with Crippen LogP contribution in [0.4, 0.5) is 16.2 Å². The van der Waals surface area contributed by atoms with E-state index in [9.17, 15) is 14.7 Å². The number of hydrogen-bond acceptors (Lipinski definition) is 4. The van der Waals surface area contributed by atoms with Crippen LogP contribution in [0.15, 0.2) is 66.4 Å². The Labute approximate surface area is 154 Å². The number of nitrogen functional groups attached to an aromatic ring is 1. The van der Waals surface area contributed by atoms with Crippen molar-refractivity contribution >= 4 is 29.4 Å². The molecule has 0 saturated carbocycles. The maximum Gasteiger partial charge on any atom is 0.333 e. The molecule has 7 nitrogen and oxygen atoms in total. The number of imide groups is 1. The average molecular weight is 360 g/mol. The van der Waals surface area contributed by atoms with E-state index in [0.717, 1.165) is 16.2 Å². The van der Waals surface area contributed by atoms with E-state index in [1.54, 1.807) is 6.08 Å². The number of nitrogens with zero attached hydrogens (tertiary/aromatic N) is 1. The molecular formula is C20H16N4O3. The quantitative estimate of drug-likeness (QED) is 0.327. The van der Waals surface area contributed by atoms with Gasteiger partial charge in [-0.2, -0.15) is 0 Å². The van der Waals surface area contributed by atoms with Crippen molar-refractivity contribution in [3.63, 3.8) is 0 Å². The molecule has 1 fully saturated rings. The molecule has 3 amide bonds. The second-order valence-corrected chi connectivity index (χ2v) is 6.09. The Balaban J connectivity index is 1.59. The highest BCUT2D eigenvalue weighted by atomic mass is 16.3. The molecule has 27 heavy (non-hydrogen) atoms. The van der Waals surface area contributed by atoms with Crippen molar-refractivity contribution in [1.82, 2.24) is 10.3 Å². The molecule has 1 aromatic heterocycles. The van der Waals surface area contributed by atoms with Crippen LogP contribution in [-0.2, 0) is 4.79 Å². The van der Waals surface area contributed by atoms with Gasteiger partial charge in [-0.15, -0.1) is 0 Å². The van der Waals surface area contributed by atoms with Crippen LogP contribution in [0.1, 0.15) is 5.69 Å². The molecule has 1 saturated heterocycles. The summed E-state index contributed by atoms with van der Waals surface area (Å²) in [4.78, 5) is 29.0. The lowest BCUT2D eigenvalue weighted by Gasteiger charge is -2.11. The Morgan fingerprint density at radius 1 is 0.926 bits per heavy atom. The Morgan fingerprint density at radius 2 is 1.63 bits per heavy atom. The van der Waals surface area contributed by atoms with Crippen molar-refractivity contribution < 1.29 is 14.7 Å². The molecule has 134 valence electrons. The number of rotatable bonds is 3. The first-order chi connectivity index (χ1) is 13.0. The first kappa shape index (κ1) is 16.5. The van der Waals surface area contributed by atoms with Crippen LogP contribution in [0.3, 0.4) is 0 Å². The van der Waals surface area contributed by atoms with Gasteiger partial charge in [0.05, 0.1) is 5.69 Å². The van der Waals surface area contributed by atoms with Crippen molar-refractivity contribution in [1.29, 1.82) is 0 Å². The minimum absolute atomic E-state index is 0.0585. The van der Waals surface area contributed by atoms with E-state index in [0.29, 0.717) is 17.1 Å².